The van der Waals surface area contributed by atoms with Crippen LogP contribution in [0.4, 0.5) is 0 Å². The van der Waals surface area contributed by atoms with Crippen molar-refractivity contribution in [3.05, 3.63) is 0 Å². The zero-order valence-corrected chi connectivity index (χ0v) is 14.7. The highest BCUT2D eigenvalue weighted by Gasteiger charge is 2.66. The van der Waals surface area contributed by atoms with E-state index in [4.69, 9.17) is 4.74 Å². The largest absolute Gasteiger partial charge is 0.377 e. The molecule has 0 amide bonds. The fraction of sp³-hybridized carbons (Fsp3) is 0.941. The maximum Gasteiger partial charge on any atom is 0.191 e. The van der Waals surface area contributed by atoms with E-state index in [0.717, 1.165) is 19.1 Å². The lowest BCUT2D eigenvalue weighted by Gasteiger charge is -2.63. The summed E-state index contributed by atoms with van der Waals surface area (Å²) in [5.41, 5.74) is 0.421. The van der Waals surface area contributed by atoms with Gasteiger partial charge in [-0.05, 0) is 44.8 Å². The van der Waals surface area contributed by atoms with Crippen LogP contribution in [-0.4, -0.2) is 48.8 Å². The molecule has 2 heterocycles. The first kappa shape index (κ1) is 15.1. The number of aliphatic imine (C=N–C) groups is 1. The summed E-state index contributed by atoms with van der Waals surface area (Å²) >= 11 is 2.10. The van der Waals surface area contributed by atoms with E-state index >= 15 is 0 Å². The average molecular weight is 324 g/mol. The number of thioether (sulfide) groups is 1. The molecule has 4 aliphatic rings. The summed E-state index contributed by atoms with van der Waals surface area (Å²) in [7, 11) is 1.90. The third kappa shape index (κ3) is 2.27. The molecule has 4 nitrogen and oxygen atoms in total. The molecule has 22 heavy (non-hydrogen) atoms. The second-order valence-electron chi connectivity index (χ2n) is 7.78. The van der Waals surface area contributed by atoms with Crippen LogP contribution < -0.4 is 10.6 Å². The first-order valence-electron chi connectivity index (χ1n) is 8.90. The van der Waals surface area contributed by atoms with E-state index < -0.39 is 0 Å². The smallest absolute Gasteiger partial charge is 0.191 e. The van der Waals surface area contributed by atoms with Crippen LogP contribution >= 0.6 is 11.8 Å². The van der Waals surface area contributed by atoms with Crippen LogP contribution in [0, 0.1) is 11.3 Å². The first-order valence-corrected chi connectivity index (χ1v) is 9.88. The summed E-state index contributed by atoms with van der Waals surface area (Å²) in [6.07, 6.45) is 8.43. The van der Waals surface area contributed by atoms with Gasteiger partial charge in [0.15, 0.2) is 5.96 Å². The van der Waals surface area contributed by atoms with Gasteiger partial charge >= 0.3 is 0 Å². The average Bonchev–Trinajstić information content (AvgIpc) is 3.06. The molecular formula is C17H29N3OS. The van der Waals surface area contributed by atoms with Crippen LogP contribution in [-0.2, 0) is 4.74 Å². The van der Waals surface area contributed by atoms with Crippen molar-refractivity contribution in [1.82, 2.24) is 10.6 Å². The monoisotopic (exact) mass is 323 g/mol. The van der Waals surface area contributed by atoms with Gasteiger partial charge in [-0.3, -0.25) is 4.99 Å². The van der Waals surface area contributed by atoms with Crippen molar-refractivity contribution in [3.63, 3.8) is 0 Å². The Morgan fingerprint density at radius 2 is 2.18 bits per heavy atom. The molecule has 4 atom stereocenters. The summed E-state index contributed by atoms with van der Waals surface area (Å²) in [6.45, 7) is 4.35. The van der Waals surface area contributed by atoms with Crippen molar-refractivity contribution in [2.75, 3.05) is 26.0 Å². The van der Waals surface area contributed by atoms with Crippen LogP contribution in [0.25, 0.3) is 0 Å². The van der Waals surface area contributed by atoms with Crippen LogP contribution in [0.5, 0.6) is 0 Å². The van der Waals surface area contributed by atoms with Gasteiger partial charge in [0.05, 0.1) is 6.10 Å². The SMILES string of the molecule is CN=C(NCC1(C)CCCS1)NC1C2CCOC2C12CCC2. The van der Waals surface area contributed by atoms with Crippen molar-refractivity contribution in [1.29, 1.82) is 0 Å². The zero-order valence-electron chi connectivity index (χ0n) is 13.9. The van der Waals surface area contributed by atoms with Crippen LogP contribution in [0.2, 0.25) is 0 Å². The topological polar surface area (TPSA) is 45.7 Å². The highest BCUT2D eigenvalue weighted by molar-refractivity contribution is 8.00. The molecule has 0 aromatic carbocycles. The van der Waals surface area contributed by atoms with Crippen LogP contribution in [0.3, 0.4) is 0 Å². The number of nitrogens with one attached hydrogen (secondary N) is 2. The van der Waals surface area contributed by atoms with Crippen molar-refractivity contribution in [2.24, 2.45) is 16.3 Å². The molecule has 4 unspecified atom stereocenters. The van der Waals surface area contributed by atoms with E-state index in [-0.39, 0.29) is 0 Å². The van der Waals surface area contributed by atoms with E-state index in [9.17, 15) is 0 Å². The third-order valence-electron chi connectivity index (χ3n) is 6.48. The molecule has 0 aromatic rings. The van der Waals surface area contributed by atoms with Crippen LogP contribution in [0.15, 0.2) is 4.99 Å². The second-order valence-corrected chi connectivity index (χ2v) is 9.46. The minimum Gasteiger partial charge on any atom is -0.377 e. The molecule has 2 saturated heterocycles. The number of hydrogen-bond donors (Lipinski definition) is 2. The normalized spacial score (nSPS) is 42.6. The van der Waals surface area contributed by atoms with Crippen LogP contribution in [0.1, 0.15) is 45.4 Å². The minimum absolute atomic E-state index is 0.379. The predicted molar refractivity (Wildman–Crippen MR) is 92.5 cm³/mol. The van der Waals surface area contributed by atoms with Crippen molar-refractivity contribution in [2.45, 2.75) is 62.3 Å². The molecule has 0 aromatic heterocycles. The Hall–Kier alpha value is -0.420. The number of guanidine groups is 1. The maximum absolute atomic E-state index is 6.01. The Morgan fingerprint density at radius 1 is 1.32 bits per heavy atom. The van der Waals surface area contributed by atoms with Gasteiger partial charge in [-0.25, -0.2) is 0 Å². The summed E-state index contributed by atoms with van der Waals surface area (Å²) in [6, 6.07) is 0.573. The Labute approximate surface area is 138 Å². The number of hydrogen-bond acceptors (Lipinski definition) is 3. The Balaban J connectivity index is 1.37. The van der Waals surface area contributed by atoms with Gasteiger partial charge in [-0.15, -0.1) is 0 Å². The van der Waals surface area contributed by atoms with Gasteiger partial charge in [-0.2, -0.15) is 11.8 Å². The molecule has 124 valence electrons. The summed E-state index contributed by atoms with van der Waals surface area (Å²) in [5, 5.41) is 7.35. The van der Waals surface area contributed by atoms with Crippen molar-refractivity contribution in [3.8, 4) is 0 Å². The summed E-state index contributed by atoms with van der Waals surface area (Å²) < 4.78 is 6.39. The molecule has 0 bridgehead atoms. The van der Waals surface area contributed by atoms with Gasteiger partial charge in [-0.1, -0.05) is 6.42 Å². The first-order chi connectivity index (χ1) is 10.7. The van der Waals surface area contributed by atoms with E-state index in [1.165, 1.54) is 44.3 Å². The second kappa shape index (κ2) is 5.59. The number of rotatable bonds is 3. The molecule has 5 heteroatoms. The third-order valence-corrected chi connectivity index (χ3v) is 8.02. The highest BCUT2D eigenvalue weighted by Crippen LogP contribution is 2.62. The van der Waals surface area contributed by atoms with Crippen molar-refractivity contribution >= 4 is 17.7 Å². The number of fused-ring (bicyclic) bond motifs is 2. The minimum atomic E-state index is 0.379. The Morgan fingerprint density at radius 3 is 2.82 bits per heavy atom. The molecule has 2 aliphatic heterocycles. The Bertz CT molecular complexity index is 457. The van der Waals surface area contributed by atoms with Gasteiger partial charge in [0.2, 0.25) is 0 Å². The van der Waals surface area contributed by atoms with E-state index in [1.54, 1.807) is 0 Å². The fourth-order valence-electron chi connectivity index (χ4n) is 5.04. The molecule has 0 radical (unpaired) electrons. The molecule has 4 fully saturated rings. The lowest BCUT2D eigenvalue weighted by Crippen LogP contribution is -2.72. The summed E-state index contributed by atoms with van der Waals surface area (Å²) in [5.74, 6) is 3.00. The zero-order chi connectivity index (χ0) is 15.2. The van der Waals surface area contributed by atoms with Crippen molar-refractivity contribution < 1.29 is 4.74 Å². The van der Waals surface area contributed by atoms with Gasteiger partial charge in [0.1, 0.15) is 0 Å². The lowest BCUT2D eigenvalue weighted by atomic mass is 9.46. The summed E-state index contributed by atoms with van der Waals surface area (Å²) in [4.78, 5) is 4.48. The van der Waals surface area contributed by atoms with Gasteiger partial charge < -0.3 is 15.4 Å². The predicted octanol–water partition coefficient (Wildman–Crippen LogP) is 2.39. The van der Waals surface area contributed by atoms with E-state index in [1.807, 2.05) is 7.05 Å². The molecule has 4 rings (SSSR count). The lowest BCUT2D eigenvalue weighted by molar-refractivity contribution is -0.171. The number of ether oxygens (including phenoxy) is 1. The fourth-order valence-corrected chi connectivity index (χ4v) is 6.29. The molecular weight excluding hydrogens is 294 g/mol. The standard InChI is InChI=1S/C17H29N3OS/c1-16(6-4-10-22-16)11-19-15(18-2)20-13-12-5-9-21-14(12)17(13)7-3-8-17/h12-14H,3-11H2,1-2H3,(H2,18,19,20). The molecule has 2 saturated carbocycles. The number of nitrogens with zero attached hydrogens (tertiary/aromatic N) is 1. The highest BCUT2D eigenvalue weighted by atomic mass is 32.2. The van der Waals surface area contributed by atoms with Gasteiger partial charge in [0.25, 0.3) is 0 Å². The maximum atomic E-state index is 6.01. The Kier molecular flexibility index (Phi) is 3.84. The molecule has 2 aliphatic carbocycles. The quantitative estimate of drug-likeness (QED) is 0.618. The van der Waals surface area contributed by atoms with E-state index in [0.29, 0.717) is 28.2 Å². The van der Waals surface area contributed by atoms with E-state index in [2.05, 4.69) is 34.3 Å². The molecule has 2 N–H and O–H groups in total. The van der Waals surface area contributed by atoms with Gasteiger partial charge in [0, 0.05) is 42.3 Å². The molecule has 1 spiro atoms.